The van der Waals surface area contributed by atoms with Crippen molar-refractivity contribution in [1.29, 1.82) is 0 Å². The highest BCUT2D eigenvalue weighted by molar-refractivity contribution is 6.05. The lowest BCUT2D eigenvalue weighted by Gasteiger charge is -2.19. The van der Waals surface area contributed by atoms with Crippen LogP contribution in [0.3, 0.4) is 0 Å². The molecule has 1 amide bonds. The highest BCUT2D eigenvalue weighted by Gasteiger charge is 2.19. The fourth-order valence-electron chi connectivity index (χ4n) is 3.63. The zero-order valence-corrected chi connectivity index (χ0v) is 16.9. The highest BCUT2D eigenvalue weighted by atomic mass is 19.1. The van der Waals surface area contributed by atoms with Crippen molar-refractivity contribution in [3.63, 3.8) is 0 Å². The monoisotopic (exact) mass is 431 g/mol. The number of anilines is 1. The van der Waals surface area contributed by atoms with Crippen molar-refractivity contribution in [2.75, 3.05) is 18.5 Å². The number of hydrogen-bond donors (Lipinski definition) is 1. The molecule has 1 N–H and O–H groups in total. The van der Waals surface area contributed by atoms with Crippen molar-refractivity contribution >= 4 is 22.6 Å². The van der Waals surface area contributed by atoms with Gasteiger partial charge in [0.15, 0.2) is 11.5 Å². The van der Waals surface area contributed by atoms with E-state index in [9.17, 15) is 14.0 Å². The van der Waals surface area contributed by atoms with Crippen molar-refractivity contribution in [2.45, 2.75) is 6.54 Å². The molecule has 0 radical (unpaired) electrons. The Kier molecular flexibility index (Phi) is 5.03. The molecule has 1 aliphatic heterocycles. The van der Waals surface area contributed by atoms with Crippen molar-refractivity contribution in [3.05, 3.63) is 94.2 Å². The fourth-order valence-corrected chi connectivity index (χ4v) is 3.63. The van der Waals surface area contributed by atoms with E-state index >= 15 is 0 Å². The van der Waals surface area contributed by atoms with Crippen molar-refractivity contribution in [1.82, 2.24) is 9.55 Å². The molecule has 1 aliphatic rings. The second-order valence-corrected chi connectivity index (χ2v) is 7.27. The first-order chi connectivity index (χ1) is 15.6. The number of hydrogen-bond acceptors (Lipinski definition) is 5. The summed E-state index contributed by atoms with van der Waals surface area (Å²) in [5, 5.41) is 3.33. The number of carbonyl (C=O) groups is 1. The lowest BCUT2D eigenvalue weighted by atomic mass is 10.1. The quantitative estimate of drug-likeness (QED) is 0.534. The van der Waals surface area contributed by atoms with Gasteiger partial charge in [0, 0.05) is 28.9 Å². The number of ether oxygens (including phenoxy) is 2. The molecule has 2 aromatic heterocycles. The van der Waals surface area contributed by atoms with Gasteiger partial charge in [0.2, 0.25) is 0 Å². The molecule has 0 saturated heterocycles. The van der Waals surface area contributed by atoms with E-state index in [0.717, 1.165) is 0 Å². The normalized spacial score (nSPS) is 12.5. The van der Waals surface area contributed by atoms with Crippen LogP contribution in [0.25, 0.3) is 11.0 Å². The standard InChI is InChI=1S/C24H18FN3O4/c25-19-6-2-1-4-16(19)14-28-22-15(5-3-9-26-22)12-18(24(28)30)23(29)27-17-7-8-20-21(13-17)32-11-10-31-20/h1-9,12-13H,10-11,14H2,(H,27,29). The maximum Gasteiger partial charge on any atom is 0.265 e. The summed E-state index contributed by atoms with van der Waals surface area (Å²) in [5.41, 5.74) is 0.527. The van der Waals surface area contributed by atoms with E-state index in [4.69, 9.17) is 9.47 Å². The van der Waals surface area contributed by atoms with Crippen LogP contribution in [0, 0.1) is 5.82 Å². The van der Waals surface area contributed by atoms with Gasteiger partial charge in [-0.3, -0.25) is 14.2 Å². The van der Waals surface area contributed by atoms with Gasteiger partial charge < -0.3 is 14.8 Å². The maximum absolute atomic E-state index is 14.3. The Bertz CT molecular complexity index is 1400. The molecule has 0 saturated carbocycles. The van der Waals surface area contributed by atoms with E-state index in [-0.39, 0.29) is 12.1 Å². The van der Waals surface area contributed by atoms with Crippen molar-refractivity contribution in [3.8, 4) is 11.5 Å². The van der Waals surface area contributed by atoms with Crippen LogP contribution in [0.2, 0.25) is 0 Å². The molecule has 4 aromatic rings. The molecule has 160 valence electrons. The molecule has 2 aromatic carbocycles. The molecule has 8 heteroatoms. The molecule has 0 bridgehead atoms. The summed E-state index contributed by atoms with van der Waals surface area (Å²) >= 11 is 0. The average Bonchev–Trinajstić information content (AvgIpc) is 2.81. The lowest BCUT2D eigenvalue weighted by Crippen LogP contribution is -2.30. The number of rotatable bonds is 4. The molecule has 5 rings (SSSR count). The number of fused-ring (bicyclic) bond motifs is 2. The Balaban J connectivity index is 1.54. The Labute approximate surface area is 182 Å². The molecule has 3 heterocycles. The van der Waals surface area contributed by atoms with Crippen LogP contribution in [0.4, 0.5) is 10.1 Å². The number of carbonyl (C=O) groups excluding carboxylic acids is 1. The molecule has 32 heavy (non-hydrogen) atoms. The smallest absolute Gasteiger partial charge is 0.265 e. The van der Waals surface area contributed by atoms with Crippen LogP contribution in [0.15, 0.2) is 71.7 Å². The van der Waals surface area contributed by atoms with Gasteiger partial charge in [0.05, 0.1) is 6.54 Å². The Morgan fingerprint density at radius 1 is 1.03 bits per heavy atom. The summed E-state index contributed by atoms with van der Waals surface area (Å²) in [4.78, 5) is 30.6. The molecule has 0 atom stereocenters. The molecule has 0 fully saturated rings. The van der Waals surface area contributed by atoms with Gasteiger partial charge >= 0.3 is 0 Å². The molecule has 0 unspecified atom stereocenters. The van der Waals surface area contributed by atoms with Gasteiger partial charge in [-0.05, 0) is 36.4 Å². The molecule has 0 spiro atoms. The first kappa shape index (κ1) is 19.7. The van der Waals surface area contributed by atoms with Crippen LogP contribution in [-0.4, -0.2) is 28.7 Å². The summed E-state index contributed by atoms with van der Waals surface area (Å²) in [6.07, 6.45) is 1.55. The topological polar surface area (TPSA) is 82.4 Å². The summed E-state index contributed by atoms with van der Waals surface area (Å²) in [5.74, 6) is 0.0984. The Morgan fingerprint density at radius 3 is 2.69 bits per heavy atom. The lowest BCUT2D eigenvalue weighted by molar-refractivity contribution is 0.102. The van der Waals surface area contributed by atoms with Crippen LogP contribution >= 0.6 is 0 Å². The van der Waals surface area contributed by atoms with Gasteiger partial charge in [-0.15, -0.1) is 0 Å². The predicted octanol–water partition coefficient (Wildman–Crippen LogP) is 3.61. The largest absolute Gasteiger partial charge is 0.486 e. The predicted molar refractivity (Wildman–Crippen MR) is 117 cm³/mol. The summed E-state index contributed by atoms with van der Waals surface area (Å²) in [7, 11) is 0. The minimum Gasteiger partial charge on any atom is -0.486 e. The summed E-state index contributed by atoms with van der Waals surface area (Å²) in [6, 6.07) is 16.2. The first-order valence-electron chi connectivity index (χ1n) is 10.0. The number of benzene rings is 2. The second kappa shape index (κ2) is 8.14. The third-order valence-corrected chi connectivity index (χ3v) is 5.18. The zero-order valence-electron chi connectivity index (χ0n) is 16.9. The fraction of sp³-hybridized carbons (Fsp3) is 0.125. The molecular weight excluding hydrogens is 413 g/mol. The summed E-state index contributed by atoms with van der Waals surface area (Å²) < 4.78 is 26.6. The van der Waals surface area contributed by atoms with Gasteiger partial charge in [0.25, 0.3) is 11.5 Å². The highest BCUT2D eigenvalue weighted by Crippen LogP contribution is 2.32. The van der Waals surface area contributed by atoms with Gasteiger partial charge in [-0.1, -0.05) is 18.2 Å². The SMILES string of the molecule is O=C(Nc1ccc2c(c1)OCCO2)c1cc2cccnc2n(Cc2ccccc2F)c1=O. The Hall–Kier alpha value is -4.20. The average molecular weight is 431 g/mol. The van der Waals surface area contributed by atoms with E-state index in [1.54, 1.807) is 54.7 Å². The van der Waals surface area contributed by atoms with Gasteiger partial charge in [-0.2, -0.15) is 0 Å². The van der Waals surface area contributed by atoms with E-state index in [0.29, 0.717) is 47.0 Å². The van der Waals surface area contributed by atoms with E-state index in [1.807, 2.05) is 0 Å². The molecular formula is C24H18FN3O4. The number of nitrogens with zero attached hydrogens (tertiary/aromatic N) is 2. The van der Waals surface area contributed by atoms with Crippen LogP contribution in [0.1, 0.15) is 15.9 Å². The third-order valence-electron chi connectivity index (χ3n) is 5.18. The maximum atomic E-state index is 14.3. The first-order valence-corrected chi connectivity index (χ1v) is 10.0. The number of halogens is 1. The van der Waals surface area contributed by atoms with Gasteiger partial charge in [0.1, 0.15) is 30.2 Å². The minimum absolute atomic E-state index is 0.0514. The number of pyridine rings is 2. The minimum atomic E-state index is -0.584. The number of aromatic nitrogens is 2. The number of amides is 1. The second-order valence-electron chi connectivity index (χ2n) is 7.27. The third kappa shape index (κ3) is 3.66. The zero-order chi connectivity index (χ0) is 22.1. The molecule has 7 nitrogen and oxygen atoms in total. The number of nitrogens with one attached hydrogen (secondary N) is 1. The van der Waals surface area contributed by atoms with Crippen molar-refractivity contribution in [2.24, 2.45) is 0 Å². The van der Waals surface area contributed by atoms with Gasteiger partial charge in [-0.25, -0.2) is 9.37 Å². The van der Waals surface area contributed by atoms with Crippen LogP contribution in [-0.2, 0) is 6.54 Å². The van der Waals surface area contributed by atoms with E-state index in [1.165, 1.54) is 16.7 Å². The molecule has 0 aliphatic carbocycles. The van der Waals surface area contributed by atoms with E-state index < -0.39 is 17.3 Å². The Morgan fingerprint density at radius 2 is 1.84 bits per heavy atom. The van der Waals surface area contributed by atoms with Crippen LogP contribution < -0.4 is 20.3 Å². The van der Waals surface area contributed by atoms with E-state index in [2.05, 4.69) is 10.3 Å². The van der Waals surface area contributed by atoms with Crippen LogP contribution in [0.5, 0.6) is 11.5 Å². The summed E-state index contributed by atoms with van der Waals surface area (Å²) in [6.45, 7) is 0.832. The van der Waals surface area contributed by atoms with Crippen molar-refractivity contribution < 1.29 is 18.7 Å².